The van der Waals surface area contributed by atoms with E-state index < -0.39 is 15.3 Å². The summed E-state index contributed by atoms with van der Waals surface area (Å²) in [5.74, 6) is 1.28. The van der Waals surface area contributed by atoms with E-state index in [0.29, 0.717) is 16.1 Å². The highest BCUT2D eigenvalue weighted by molar-refractivity contribution is 9.10. The van der Waals surface area contributed by atoms with E-state index in [1.165, 1.54) is 17.3 Å². The van der Waals surface area contributed by atoms with Gasteiger partial charge in [-0.1, -0.05) is 12.1 Å². The molecule has 4 rings (SSSR count). The van der Waals surface area contributed by atoms with Crippen molar-refractivity contribution in [1.82, 2.24) is 19.7 Å². The number of H-pyrrole nitrogens is 1. The number of aromatic amines is 1. The predicted molar refractivity (Wildman–Crippen MR) is 94.7 cm³/mol. The normalized spacial score (nSPS) is 17.4. The highest BCUT2D eigenvalue weighted by atomic mass is 79.9. The van der Waals surface area contributed by atoms with E-state index in [4.69, 9.17) is 0 Å². The number of aromatic nitrogens is 4. The number of halogens is 1. The molecule has 0 bridgehead atoms. The maximum Gasteiger partial charge on any atom is 0.227 e. The summed E-state index contributed by atoms with van der Waals surface area (Å²) in [5, 5.41) is 4.16. The lowest BCUT2D eigenvalue weighted by molar-refractivity contribution is 0.571. The quantitative estimate of drug-likeness (QED) is 0.711. The van der Waals surface area contributed by atoms with Crippen molar-refractivity contribution in [3.05, 3.63) is 40.8 Å². The van der Waals surface area contributed by atoms with Crippen molar-refractivity contribution in [2.75, 3.05) is 11.2 Å². The van der Waals surface area contributed by atoms with Crippen molar-refractivity contribution < 1.29 is 8.42 Å². The SMILES string of the molecule is CS(=O)(=O)C1N=Cn2ncc(Br)c2N1Cc1nc2ccccc2[nH]1. The molecule has 1 N–H and O–H groups in total. The second-order valence-electron chi connectivity index (χ2n) is 5.51. The fraction of sp³-hybridized carbons (Fsp3) is 0.214. The molecular formula is C14H13BrN6O2S. The molecule has 124 valence electrons. The molecule has 0 aliphatic carbocycles. The number of anilines is 1. The second kappa shape index (κ2) is 5.42. The van der Waals surface area contributed by atoms with Gasteiger partial charge in [-0.25, -0.2) is 23.1 Å². The standard InChI is InChI=1S/C14H13BrN6O2S/c1-24(22,23)14-16-8-21-13(9(15)6-17-21)20(14)7-12-18-10-4-2-3-5-11(10)19-12/h2-6,8,14H,7H2,1H3,(H,18,19). The van der Waals surface area contributed by atoms with Crippen LogP contribution in [-0.4, -0.2) is 46.3 Å². The number of hydrogen-bond acceptors (Lipinski definition) is 6. The summed E-state index contributed by atoms with van der Waals surface area (Å²) in [6.07, 6.45) is 4.19. The van der Waals surface area contributed by atoms with E-state index in [-0.39, 0.29) is 6.54 Å². The van der Waals surface area contributed by atoms with E-state index in [1.54, 1.807) is 11.1 Å². The lowest BCUT2D eigenvalue weighted by atomic mass is 10.3. The van der Waals surface area contributed by atoms with Crippen LogP contribution < -0.4 is 4.90 Å². The van der Waals surface area contributed by atoms with Crippen LogP contribution in [0.15, 0.2) is 39.9 Å². The smallest absolute Gasteiger partial charge is 0.227 e. The Balaban J connectivity index is 1.79. The van der Waals surface area contributed by atoms with Gasteiger partial charge in [0.1, 0.15) is 12.2 Å². The first-order chi connectivity index (χ1) is 11.4. The van der Waals surface area contributed by atoms with Crippen LogP contribution in [0.1, 0.15) is 5.82 Å². The zero-order valence-corrected chi connectivity index (χ0v) is 15.0. The van der Waals surface area contributed by atoms with Crippen LogP contribution >= 0.6 is 15.9 Å². The summed E-state index contributed by atoms with van der Waals surface area (Å²) < 4.78 is 26.6. The number of para-hydroxylation sites is 2. The van der Waals surface area contributed by atoms with Crippen LogP contribution in [0.3, 0.4) is 0 Å². The van der Waals surface area contributed by atoms with Crippen LogP contribution in [0.25, 0.3) is 11.0 Å². The molecule has 0 saturated carbocycles. The molecule has 0 spiro atoms. The monoisotopic (exact) mass is 408 g/mol. The Hall–Kier alpha value is -2.20. The largest absolute Gasteiger partial charge is 0.340 e. The van der Waals surface area contributed by atoms with Crippen LogP contribution in [-0.2, 0) is 16.4 Å². The number of hydrogen-bond donors (Lipinski definition) is 1. The number of fused-ring (bicyclic) bond motifs is 2. The molecule has 3 heterocycles. The topological polar surface area (TPSA) is 96.2 Å². The van der Waals surface area contributed by atoms with Crippen molar-refractivity contribution in [2.24, 2.45) is 4.99 Å². The molecule has 1 aliphatic rings. The highest BCUT2D eigenvalue weighted by Gasteiger charge is 2.34. The second-order valence-corrected chi connectivity index (χ2v) is 8.44. The minimum atomic E-state index is -3.44. The lowest BCUT2D eigenvalue weighted by Gasteiger charge is -2.31. The maximum atomic E-state index is 12.2. The zero-order valence-electron chi connectivity index (χ0n) is 12.6. The summed E-state index contributed by atoms with van der Waals surface area (Å²) in [7, 11) is -3.44. The van der Waals surface area contributed by atoms with Crippen LogP contribution in [0.5, 0.6) is 0 Å². The molecule has 1 aliphatic heterocycles. The first-order valence-electron chi connectivity index (χ1n) is 7.09. The lowest BCUT2D eigenvalue weighted by Crippen LogP contribution is -2.43. The number of nitrogens with zero attached hydrogens (tertiary/aromatic N) is 5. The van der Waals surface area contributed by atoms with Crippen molar-refractivity contribution in [2.45, 2.75) is 12.0 Å². The number of benzene rings is 1. The molecule has 1 unspecified atom stereocenters. The minimum absolute atomic E-state index is 0.258. The van der Waals surface area contributed by atoms with Gasteiger partial charge in [0.05, 0.1) is 28.2 Å². The van der Waals surface area contributed by atoms with Gasteiger partial charge in [0, 0.05) is 6.26 Å². The third-order valence-electron chi connectivity index (χ3n) is 3.71. The molecule has 0 amide bonds. The van der Waals surface area contributed by atoms with Gasteiger partial charge in [-0.3, -0.25) is 0 Å². The molecule has 0 radical (unpaired) electrons. The van der Waals surface area contributed by atoms with Crippen molar-refractivity contribution >= 4 is 49.0 Å². The fourth-order valence-electron chi connectivity index (χ4n) is 2.73. The number of nitrogens with one attached hydrogen (secondary N) is 1. The summed E-state index contributed by atoms with van der Waals surface area (Å²) >= 11 is 3.42. The Morgan fingerprint density at radius 2 is 2.12 bits per heavy atom. The average Bonchev–Trinajstić information content (AvgIpc) is 3.09. The predicted octanol–water partition coefficient (Wildman–Crippen LogP) is 1.75. The van der Waals surface area contributed by atoms with Gasteiger partial charge in [-0.15, -0.1) is 0 Å². The average molecular weight is 409 g/mol. The summed E-state index contributed by atoms with van der Waals surface area (Å²) in [5.41, 5.74) is 0.708. The molecule has 2 aromatic heterocycles. The third-order valence-corrected chi connectivity index (χ3v) is 5.41. The first-order valence-corrected chi connectivity index (χ1v) is 9.84. The number of sulfone groups is 1. The first kappa shape index (κ1) is 15.3. The third kappa shape index (κ3) is 2.51. The molecule has 0 saturated heterocycles. The Labute approximate surface area is 146 Å². The van der Waals surface area contributed by atoms with Crippen molar-refractivity contribution in [3.8, 4) is 0 Å². The molecule has 3 aromatic rings. The van der Waals surface area contributed by atoms with E-state index in [0.717, 1.165) is 11.0 Å². The number of rotatable bonds is 3. The number of imidazole rings is 1. The molecule has 1 atom stereocenters. The summed E-state index contributed by atoms with van der Waals surface area (Å²) in [6.45, 7) is 0.258. The van der Waals surface area contributed by atoms with E-state index in [1.807, 2.05) is 24.3 Å². The maximum absolute atomic E-state index is 12.2. The van der Waals surface area contributed by atoms with Crippen molar-refractivity contribution in [1.29, 1.82) is 0 Å². The summed E-state index contributed by atoms with van der Waals surface area (Å²) in [4.78, 5) is 13.5. The summed E-state index contributed by atoms with van der Waals surface area (Å²) in [6, 6.07) is 7.65. The zero-order chi connectivity index (χ0) is 16.9. The van der Waals surface area contributed by atoms with Gasteiger partial charge in [-0.05, 0) is 28.1 Å². The minimum Gasteiger partial charge on any atom is -0.340 e. The van der Waals surface area contributed by atoms with E-state index in [2.05, 4.69) is 36.0 Å². The Morgan fingerprint density at radius 1 is 1.33 bits per heavy atom. The van der Waals surface area contributed by atoms with Gasteiger partial charge >= 0.3 is 0 Å². The molecule has 10 heteroatoms. The molecule has 1 aromatic carbocycles. The van der Waals surface area contributed by atoms with Gasteiger partial charge in [0.25, 0.3) is 0 Å². The van der Waals surface area contributed by atoms with Gasteiger partial charge in [-0.2, -0.15) is 5.10 Å². The Morgan fingerprint density at radius 3 is 2.88 bits per heavy atom. The van der Waals surface area contributed by atoms with Gasteiger partial charge < -0.3 is 9.88 Å². The van der Waals surface area contributed by atoms with E-state index >= 15 is 0 Å². The van der Waals surface area contributed by atoms with Crippen LogP contribution in [0.2, 0.25) is 0 Å². The van der Waals surface area contributed by atoms with Crippen molar-refractivity contribution in [3.63, 3.8) is 0 Å². The molecular weight excluding hydrogens is 396 g/mol. The van der Waals surface area contributed by atoms with Crippen LogP contribution in [0, 0.1) is 0 Å². The van der Waals surface area contributed by atoms with Gasteiger partial charge in [0.2, 0.25) is 5.50 Å². The highest BCUT2D eigenvalue weighted by Crippen LogP contribution is 2.32. The molecule has 24 heavy (non-hydrogen) atoms. The fourth-order valence-corrected chi connectivity index (χ4v) is 4.14. The molecule has 8 nitrogen and oxygen atoms in total. The van der Waals surface area contributed by atoms with Gasteiger partial charge in [0.15, 0.2) is 15.7 Å². The van der Waals surface area contributed by atoms with Crippen LogP contribution in [0.4, 0.5) is 5.82 Å². The number of aliphatic imine (C=N–C) groups is 1. The molecule has 0 fully saturated rings. The Bertz CT molecular complexity index is 1020. The van der Waals surface area contributed by atoms with E-state index in [9.17, 15) is 8.42 Å². The Kier molecular flexibility index (Phi) is 3.46.